The molecule has 1 aliphatic rings. The lowest BCUT2D eigenvalue weighted by Gasteiger charge is -2.19. The number of carbonyl (C=O) groups is 2. The maximum absolute atomic E-state index is 13.5. The lowest BCUT2D eigenvalue weighted by Crippen LogP contribution is -2.46. The fraction of sp³-hybridized carbons (Fsp3) is 0.220. The van der Waals surface area contributed by atoms with E-state index in [0.717, 1.165) is 47.2 Å². The van der Waals surface area contributed by atoms with E-state index < -0.39 is 6.04 Å². The van der Waals surface area contributed by atoms with E-state index in [1.165, 1.54) is 12.0 Å². The summed E-state index contributed by atoms with van der Waals surface area (Å²) >= 11 is 0. The summed E-state index contributed by atoms with van der Waals surface area (Å²) in [6.45, 7) is 1.28. The number of unbranched alkanes of at least 4 members (excludes halogenated alkanes) is 1. The molecule has 1 aliphatic carbocycles. The highest BCUT2D eigenvalue weighted by atomic mass is 16.2. The summed E-state index contributed by atoms with van der Waals surface area (Å²) in [5, 5.41) is 9.80. The summed E-state index contributed by atoms with van der Waals surface area (Å²) in [5.41, 5.74) is 7.32. The first-order valence-corrected chi connectivity index (χ1v) is 16.3. The molecule has 1 saturated carbocycles. The Kier molecular flexibility index (Phi) is 10.3. The van der Waals surface area contributed by atoms with Gasteiger partial charge < -0.3 is 16.0 Å². The summed E-state index contributed by atoms with van der Waals surface area (Å²) in [6, 6.07) is 46.6. The van der Waals surface area contributed by atoms with Crippen LogP contribution >= 0.6 is 0 Å². The van der Waals surface area contributed by atoms with Gasteiger partial charge in [0.2, 0.25) is 5.91 Å². The number of hydrogen-bond acceptors (Lipinski definition) is 3. The van der Waals surface area contributed by atoms with Gasteiger partial charge in [-0.15, -0.1) is 0 Å². The second-order valence-electron chi connectivity index (χ2n) is 12.1. The van der Waals surface area contributed by atoms with Crippen molar-refractivity contribution in [2.24, 2.45) is 0 Å². The van der Waals surface area contributed by atoms with Gasteiger partial charge in [0.15, 0.2) is 0 Å². The second-order valence-corrected chi connectivity index (χ2v) is 12.1. The van der Waals surface area contributed by atoms with Gasteiger partial charge in [0.05, 0.1) is 0 Å². The van der Waals surface area contributed by atoms with Crippen LogP contribution in [0.4, 0.5) is 0 Å². The third-order valence-corrected chi connectivity index (χ3v) is 8.72. The van der Waals surface area contributed by atoms with Crippen LogP contribution in [0.25, 0.3) is 22.3 Å². The monoisotopic (exact) mass is 607 g/mol. The Morgan fingerprint density at radius 3 is 1.96 bits per heavy atom. The SMILES string of the molecule is O=C(N[C@@H](CCCCN[C@H]1C[C@@H]1c1ccccc1)C(=O)NCc1cccc(-c2ccccc2)c1)c1ccc(-c2ccccc2)cc1. The molecule has 5 aromatic rings. The highest BCUT2D eigenvalue weighted by Gasteiger charge is 2.37. The molecule has 3 N–H and O–H groups in total. The molecule has 3 atom stereocenters. The van der Waals surface area contributed by atoms with E-state index in [2.05, 4.69) is 70.5 Å². The molecule has 5 aromatic carbocycles. The van der Waals surface area contributed by atoms with Crippen molar-refractivity contribution in [3.05, 3.63) is 156 Å². The van der Waals surface area contributed by atoms with E-state index in [-0.39, 0.29) is 11.8 Å². The smallest absolute Gasteiger partial charge is 0.251 e. The minimum Gasteiger partial charge on any atom is -0.350 e. The van der Waals surface area contributed by atoms with Crippen LogP contribution in [0.15, 0.2) is 140 Å². The Morgan fingerprint density at radius 2 is 1.26 bits per heavy atom. The van der Waals surface area contributed by atoms with Crippen LogP contribution in [0.1, 0.15) is 53.1 Å². The maximum Gasteiger partial charge on any atom is 0.251 e. The van der Waals surface area contributed by atoms with E-state index in [9.17, 15) is 9.59 Å². The predicted molar refractivity (Wildman–Crippen MR) is 186 cm³/mol. The average Bonchev–Trinajstić information content (AvgIpc) is 3.91. The summed E-state index contributed by atoms with van der Waals surface area (Å²) in [6.07, 6.45) is 3.49. The molecule has 0 heterocycles. The van der Waals surface area contributed by atoms with Crippen molar-refractivity contribution >= 4 is 11.8 Å². The quantitative estimate of drug-likeness (QED) is 0.113. The molecule has 0 radical (unpaired) electrons. The lowest BCUT2D eigenvalue weighted by molar-refractivity contribution is -0.123. The molecule has 0 aromatic heterocycles. The number of benzene rings is 5. The molecule has 5 heteroatoms. The molecule has 0 aliphatic heterocycles. The number of hydrogen-bond donors (Lipinski definition) is 3. The van der Waals surface area contributed by atoms with Gasteiger partial charge in [-0.2, -0.15) is 0 Å². The topological polar surface area (TPSA) is 70.2 Å². The molecular formula is C41H41N3O2. The first-order valence-electron chi connectivity index (χ1n) is 16.3. The maximum atomic E-state index is 13.5. The molecule has 0 saturated heterocycles. The average molecular weight is 608 g/mol. The third-order valence-electron chi connectivity index (χ3n) is 8.72. The highest BCUT2D eigenvalue weighted by Crippen LogP contribution is 2.40. The molecule has 6 rings (SSSR count). The van der Waals surface area contributed by atoms with Crippen LogP contribution in [-0.4, -0.2) is 30.4 Å². The molecule has 232 valence electrons. The normalized spacial score (nSPS) is 15.9. The number of rotatable bonds is 14. The first-order chi connectivity index (χ1) is 22.6. The zero-order chi connectivity index (χ0) is 31.6. The van der Waals surface area contributed by atoms with Crippen LogP contribution in [0.3, 0.4) is 0 Å². The van der Waals surface area contributed by atoms with Gasteiger partial charge in [0, 0.05) is 24.1 Å². The minimum absolute atomic E-state index is 0.168. The van der Waals surface area contributed by atoms with Crippen molar-refractivity contribution in [1.29, 1.82) is 0 Å². The Bertz CT molecular complexity index is 1710. The van der Waals surface area contributed by atoms with E-state index in [0.29, 0.717) is 30.5 Å². The Morgan fingerprint density at radius 1 is 0.652 bits per heavy atom. The third kappa shape index (κ3) is 8.38. The van der Waals surface area contributed by atoms with Gasteiger partial charge in [-0.1, -0.05) is 121 Å². The standard InChI is InChI=1S/C41H41N3O2/c45-40(35-24-22-33(23-25-35)31-14-4-1-5-15-31)44-38(21-10-11-26-42-39-28-37(39)34-18-8-3-9-19-34)41(46)43-29-30-13-12-20-36(27-30)32-16-6-2-7-17-32/h1-9,12-20,22-25,27,37-39,42H,10-11,21,26,28-29H2,(H,43,46)(H,44,45)/t37-,38+,39+/m1/s1. The van der Waals surface area contributed by atoms with Crippen molar-refractivity contribution in [2.45, 2.75) is 50.2 Å². The molecule has 2 amide bonds. The fourth-order valence-electron chi connectivity index (χ4n) is 6.01. The van der Waals surface area contributed by atoms with E-state index in [4.69, 9.17) is 0 Å². The van der Waals surface area contributed by atoms with Crippen LogP contribution in [0.5, 0.6) is 0 Å². The summed E-state index contributed by atoms with van der Waals surface area (Å²) in [4.78, 5) is 26.9. The zero-order valence-corrected chi connectivity index (χ0v) is 26.1. The van der Waals surface area contributed by atoms with Crippen molar-refractivity contribution in [3.63, 3.8) is 0 Å². The minimum atomic E-state index is -0.628. The number of nitrogens with one attached hydrogen (secondary N) is 3. The van der Waals surface area contributed by atoms with Crippen molar-refractivity contribution in [3.8, 4) is 22.3 Å². The molecule has 46 heavy (non-hydrogen) atoms. The Labute approximate surface area is 272 Å². The number of carbonyl (C=O) groups excluding carboxylic acids is 2. The van der Waals surface area contributed by atoms with E-state index >= 15 is 0 Å². The van der Waals surface area contributed by atoms with Crippen molar-refractivity contribution in [2.75, 3.05) is 6.54 Å². The van der Waals surface area contributed by atoms with E-state index in [1.807, 2.05) is 84.9 Å². The fourth-order valence-corrected chi connectivity index (χ4v) is 6.01. The van der Waals surface area contributed by atoms with Gasteiger partial charge in [-0.25, -0.2) is 0 Å². The summed E-state index contributed by atoms with van der Waals surface area (Å²) in [7, 11) is 0. The zero-order valence-electron chi connectivity index (χ0n) is 26.1. The van der Waals surface area contributed by atoms with Gasteiger partial charge in [0.1, 0.15) is 6.04 Å². The van der Waals surface area contributed by atoms with Crippen LogP contribution in [-0.2, 0) is 11.3 Å². The Hall–Kier alpha value is -5.00. The van der Waals surface area contributed by atoms with Crippen molar-refractivity contribution < 1.29 is 9.59 Å². The van der Waals surface area contributed by atoms with Crippen LogP contribution < -0.4 is 16.0 Å². The first kappa shape index (κ1) is 31.0. The van der Waals surface area contributed by atoms with Gasteiger partial charge in [0.25, 0.3) is 5.91 Å². The summed E-state index contributed by atoms with van der Waals surface area (Å²) < 4.78 is 0. The van der Waals surface area contributed by atoms with Gasteiger partial charge in [-0.3, -0.25) is 9.59 Å². The van der Waals surface area contributed by atoms with E-state index in [1.54, 1.807) is 0 Å². The lowest BCUT2D eigenvalue weighted by atomic mass is 10.0. The number of amides is 2. The van der Waals surface area contributed by atoms with Crippen LogP contribution in [0.2, 0.25) is 0 Å². The molecular weight excluding hydrogens is 566 g/mol. The predicted octanol–water partition coefficient (Wildman–Crippen LogP) is 7.75. The summed E-state index contributed by atoms with van der Waals surface area (Å²) in [5.74, 6) is 0.180. The molecule has 5 nitrogen and oxygen atoms in total. The largest absolute Gasteiger partial charge is 0.350 e. The van der Waals surface area contributed by atoms with Gasteiger partial charge in [-0.05, 0) is 83.8 Å². The molecule has 1 fully saturated rings. The molecule has 0 spiro atoms. The van der Waals surface area contributed by atoms with Crippen LogP contribution in [0, 0.1) is 0 Å². The Balaban J connectivity index is 1.05. The molecule has 0 bridgehead atoms. The molecule has 0 unspecified atom stereocenters. The highest BCUT2D eigenvalue weighted by molar-refractivity contribution is 5.97. The van der Waals surface area contributed by atoms with Crippen molar-refractivity contribution in [1.82, 2.24) is 16.0 Å². The van der Waals surface area contributed by atoms with Gasteiger partial charge >= 0.3 is 0 Å². The second kappa shape index (κ2) is 15.3.